The van der Waals surface area contributed by atoms with Crippen molar-refractivity contribution in [3.8, 4) is 5.75 Å². The summed E-state index contributed by atoms with van der Waals surface area (Å²) in [6.07, 6.45) is 2.61. The predicted molar refractivity (Wildman–Crippen MR) is 92.9 cm³/mol. The Bertz CT molecular complexity index is 471. The molecule has 8 heteroatoms. The summed E-state index contributed by atoms with van der Waals surface area (Å²) in [6.45, 7) is -0.0399. The summed E-state index contributed by atoms with van der Waals surface area (Å²) in [4.78, 5) is 22.9. The molecule has 0 aromatic heterocycles. The average Bonchev–Trinajstić information content (AvgIpc) is 2.51. The first-order valence-corrected chi connectivity index (χ1v) is 7.95. The van der Waals surface area contributed by atoms with Gasteiger partial charge in [-0.15, -0.1) is 12.4 Å². The summed E-state index contributed by atoms with van der Waals surface area (Å²) in [5.74, 6) is 0.999. The smallest absolute Gasteiger partial charge is 0.257 e. The lowest BCUT2D eigenvalue weighted by Crippen LogP contribution is -2.36. The van der Waals surface area contributed by atoms with Crippen LogP contribution in [0.15, 0.2) is 24.3 Å². The second kappa shape index (κ2) is 11.2. The molecule has 1 atom stereocenters. The van der Waals surface area contributed by atoms with Crippen LogP contribution in [0, 0.1) is 0 Å². The highest BCUT2D eigenvalue weighted by Crippen LogP contribution is 2.16. The Morgan fingerprint density at radius 2 is 1.95 bits per heavy atom. The second-order valence-corrected chi connectivity index (χ2v) is 5.35. The van der Waals surface area contributed by atoms with Crippen molar-refractivity contribution in [2.45, 2.75) is 12.5 Å². The summed E-state index contributed by atoms with van der Waals surface area (Å²) in [5.41, 5.74) is 6.43. The number of benzene rings is 1. The van der Waals surface area contributed by atoms with E-state index < -0.39 is 6.04 Å². The largest absolute Gasteiger partial charge is 0.484 e. The number of carbonyl (C=O) groups excluding carboxylic acids is 2. The molecule has 4 N–H and O–H groups in total. The fourth-order valence-electron chi connectivity index (χ4n) is 1.47. The standard InChI is InChI=1S/C14H21N3O3S.ClH/c1-16-13(18)9-20-11-5-3-10(4-6-11)17-14(19)12(15)7-8-21-2;/h3-6,12H,7-9,15H2,1-2H3,(H,16,18)(H,17,19);1H/t12-;/m0./s1. The van der Waals surface area contributed by atoms with Crippen LogP contribution in [0.5, 0.6) is 5.75 Å². The van der Waals surface area contributed by atoms with Crippen molar-refractivity contribution in [3.05, 3.63) is 24.3 Å². The lowest BCUT2D eigenvalue weighted by Gasteiger charge is -2.12. The number of ether oxygens (including phenoxy) is 1. The summed E-state index contributed by atoms with van der Waals surface area (Å²) >= 11 is 1.66. The molecule has 1 rings (SSSR count). The van der Waals surface area contributed by atoms with Crippen LogP contribution in [0.3, 0.4) is 0 Å². The highest BCUT2D eigenvalue weighted by molar-refractivity contribution is 7.98. The van der Waals surface area contributed by atoms with Crippen LogP contribution in [0.2, 0.25) is 0 Å². The van der Waals surface area contributed by atoms with Gasteiger partial charge in [-0.1, -0.05) is 0 Å². The zero-order chi connectivity index (χ0) is 15.7. The van der Waals surface area contributed by atoms with E-state index in [9.17, 15) is 9.59 Å². The van der Waals surface area contributed by atoms with E-state index in [0.717, 1.165) is 5.75 Å². The van der Waals surface area contributed by atoms with Crippen LogP contribution in [0.4, 0.5) is 5.69 Å². The molecule has 0 fully saturated rings. The van der Waals surface area contributed by atoms with Gasteiger partial charge in [-0.05, 0) is 42.7 Å². The van der Waals surface area contributed by atoms with Crippen molar-refractivity contribution in [2.24, 2.45) is 5.73 Å². The number of rotatable bonds is 8. The fraction of sp³-hybridized carbons (Fsp3) is 0.429. The van der Waals surface area contributed by atoms with E-state index in [0.29, 0.717) is 17.9 Å². The van der Waals surface area contributed by atoms with E-state index in [-0.39, 0.29) is 30.8 Å². The van der Waals surface area contributed by atoms with Crippen molar-refractivity contribution in [3.63, 3.8) is 0 Å². The predicted octanol–water partition coefficient (Wildman–Crippen LogP) is 1.25. The Balaban J connectivity index is 0.00000441. The normalized spacial score (nSPS) is 11.0. The third kappa shape index (κ3) is 7.53. The number of hydrogen-bond donors (Lipinski definition) is 3. The number of amides is 2. The van der Waals surface area contributed by atoms with Gasteiger partial charge in [0, 0.05) is 12.7 Å². The highest BCUT2D eigenvalue weighted by Gasteiger charge is 2.12. The molecule has 1 aromatic rings. The van der Waals surface area contributed by atoms with E-state index in [4.69, 9.17) is 10.5 Å². The van der Waals surface area contributed by atoms with Gasteiger partial charge >= 0.3 is 0 Å². The molecule has 0 bridgehead atoms. The van der Waals surface area contributed by atoms with E-state index in [2.05, 4.69) is 10.6 Å². The third-order valence-electron chi connectivity index (χ3n) is 2.74. The van der Waals surface area contributed by atoms with Gasteiger partial charge in [0.25, 0.3) is 5.91 Å². The molecule has 0 spiro atoms. The Hall–Kier alpha value is -1.44. The van der Waals surface area contributed by atoms with Gasteiger partial charge in [0.1, 0.15) is 5.75 Å². The van der Waals surface area contributed by atoms with Gasteiger partial charge in [-0.2, -0.15) is 11.8 Å². The van der Waals surface area contributed by atoms with E-state index in [1.165, 1.54) is 0 Å². The van der Waals surface area contributed by atoms with Crippen LogP contribution >= 0.6 is 24.2 Å². The molecule has 0 heterocycles. The first-order valence-electron chi connectivity index (χ1n) is 6.55. The zero-order valence-corrected chi connectivity index (χ0v) is 14.3. The average molecular weight is 348 g/mol. The first kappa shape index (κ1) is 20.6. The van der Waals surface area contributed by atoms with Gasteiger partial charge in [0.05, 0.1) is 6.04 Å². The molecule has 1 aromatic carbocycles. The van der Waals surface area contributed by atoms with Crippen LogP contribution in [0.1, 0.15) is 6.42 Å². The van der Waals surface area contributed by atoms with Gasteiger partial charge < -0.3 is 21.1 Å². The molecule has 0 saturated heterocycles. The molecule has 0 radical (unpaired) electrons. The Labute approximate surface area is 141 Å². The maximum absolute atomic E-state index is 11.8. The molecule has 6 nitrogen and oxygen atoms in total. The third-order valence-corrected chi connectivity index (χ3v) is 3.38. The van der Waals surface area contributed by atoms with Crippen LogP contribution in [0.25, 0.3) is 0 Å². The molecule has 0 saturated carbocycles. The molecule has 0 unspecified atom stereocenters. The summed E-state index contributed by atoms with van der Waals surface area (Å²) in [5, 5.41) is 5.21. The number of halogens is 1. The quantitative estimate of drug-likeness (QED) is 0.658. The van der Waals surface area contributed by atoms with E-state index in [1.54, 1.807) is 43.1 Å². The zero-order valence-electron chi connectivity index (χ0n) is 12.6. The number of nitrogens with two attached hydrogens (primary N) is 1. The monoisotopic (exact) mass is 347 g/mol. The van der Waals surface area contributed by atoms with Crippen molar-refractivity contribution >= 4 is 41.7 Å². The van der Waals surface area contributed by atoms with Crippen molar-refractivity contribution in [1.82, 2.24) is 5.32 Å². The number of thioether (sulfide) groups is 1. The summed E-state index contributed by atoms with van der Waals surface area (Å²) in [7, 11) is 1.55. The first-order chi connectivity index (χ1) is 10.1. The molecule has 2 amide bonds. The number of likely N-dealkylation sites (N-methyl/N-ethyl adjacent to an activating group) is 1. The van der Waals surface area contributed by atoms with Gasteiger partial charge in [-0.3, -0.25) is 9.59 Å². The minimum atomic E-state index is -0.512. The molecular formula is C14H22ClN3O3S. The summed E-state index contributed by atoms with van der Waals surface area (Å²) < 4.78 is 5.27. The number of anilines is 1. The number of hydrogen-bond acceptors (Lipinski definition) is 5. The molecule has 0 aliphatic carbocycles. The summed E-state index contributed by atoms with van der Waals surface area (Å²) in [6, 6.07) is 6.27. The maximum atomic E-state index is 11.8. The van der Waals surface area contributed by atoms with Crippen LogP contribution < -0.4 is 21.1 Å². The number of carbonyl (C=O) groups is 2. The Morgan fingerprint density at radius 3 is 2.50 bits per heavy atom. The molecule has 0 aliphatic rings. The van der Waals surface area contributed by atoms with Crippen molar-refractivity contribution in [2.75, 3.05) is 31.0 Å². The Morgan fingerprint density at radius 1 is 1.32 bits per heavy atom. The second-order valence-electron chi connectivity index (χ2n) is 4.36. The highest BCUT2D eigenvalue weighted by atomic mass is 35.5. The number of nitrogens with one attached hydrogen (secondary N) is 2. The van der Waals surface area contributed by atoms with E-state index in [1.807, 2.05) is 6.26 Å². The molecular weight excluding hydrogens is 326 g/mol. The van der Waals surface area contributed by atoms with Crippen molar-refractivity contribution < 1.29 is 14.3 Å². The van der Waals surface area contributed by atoms with E-state index >= 15 is 0 Å². The van der Waals surface area contributed by atoms with Crippen LogP contribution in [-0.2, 0) is 9.59 Å². The lowest BCUT2D eigenvalue weighted by atomic mass is 10.2. The topological polar surface area (TPSA) is 93.5 Å². The molecule has 124 valence electrons. The van der Waals surface area contributed by atoms with Crippen molar-refractivity contribution in [1.29, 1.82) is 0 Å². The maximum Gasteiger partial charge on any atom is 0.257 e. The van der Waals surface area contributed by atoms with Gasteiger partial charge in [0.2, 0.25) is 5.91 Å². The fourth-order valence-corrected chi connectivity index (χ4v) is 1.96. The SMILES string of the molecule is CNC(=O)COc1ccc(NC(=O)[C@@H](N)CCSC)cc1.Cl. The molecule has 22 heavy (non-hydrogen) atoms. The minimum absolute atomic E-state index is 0. The van der Waals surface area contributed by atoms with Crippen LogP contribution in [-0.4, -0.2) is 43.5 Å². The van der Waals surface area contributed by atoms with Gasteiger partial charge in [0.15, 0.2) is 6.61 Å². The lowest BCUT2D eigenvalue weighted by molar-refractivity contribution is -0.122. The minimum Gasteiger partial charge on any atom is -0.484 e. The molecule has 0 aliphatic heterocycles. The Kier molecular flexibility index (Phi) is 10.4. The van der Waals surface area contributed by atoms with Gasteiger partial charge in [-0.25, -0.2) is 0 Å².